The van der Waals surface area contributed by atoms with Crippen LogP contribution in [0.4, 0.5) is 0 Å². The van der Waals surface area contributed by atoms with Gasteiger partial charge in [-0.3, -0.25) is 4.79 Å². The molecule has 0 unspecified atom stereocenters. The predicted molar refractivity (Wildman–Crippen MR) is 147 cm³/mol. The van der Waals surface area contributed by atoms with Crippen molar-refractivity contribution in [3.8, 4) is 0 Å². The average molecular weight is 519 g/mol. The Labute approximate surface area is 225 Å². The number of carbonyl (C=O) groups is 1. The summed E-state index contributed by atoms with van der Waals surface area (Å²) in [6, 6.07) is 0. The van der Waals surface area contributed by atoms with E-state index in [2.05, 4.69) is 33.8 Å². The van der Waals surface area contributed by atoms with Gasteiger partial charge in [0.25, 0.3) is 0 Å². The number of carbonyl (C=O) groups excluding carboxylic acids is 1. The second-order valence-corrected chi connectivity index (χ2v) is 15.0. The fourth-order valence-electron chi connectivity index (χ4n) is 9.47. The van der Waals surface area contributed by atoms with Gasteiger partial charge in [0.15, 0.2) is 0 Å². The molecule has 0 spiro atoms. The van der Waals surface area contributed by atoms with Crippen LogP contribution in [0.2, 0.25) is 0 Å². The largest absolute Gasteiger partial charge is 0.460 e. The highest BCUT2D eigenvalue weighted by molar-refractivity contribution is 5.66. The molecule has 2 N–H and O–H groups in total. The molecule has 1 heterocycles. The lowest BCUT2D eigenvalue weighted by atomic mass is 9.55. The molecule has 5 heteroatoms. The molecule has 0 aromatic rings. The molecule has 0 aromatic heterocycles. The zero-order valence-corrected chi connectivity index (χ0v) is 25.0. The van der Waals surface area contributed by atoms with Crippen LogP contribution in [-0.4, -0.2) is 45.2 Å². The highest BCUT2D eigenvalue weighted by atomic mass is 16.6. The monoisotopic (exact) mass is 518 g/mol. The topological polar surface area (TPSA) is 76.0 Å². The molecule has 212 valence electrons. The van der Waals surface area contributed by atoms with Crippen molar-refractivity contribution in [2.45, 2.75) is 149 Å². The van der Waals surface area contributed by atoms with Crippen molar-refractivity contribution in [2.24, 2.45) is 34.5 Å². The highest BCUT2D eigenvalue weighted by Crippen LogP contribution is 2.59. The van der Waals surface area contributed by atoms with Crippen molar-refractivity contribution in [3.63, 3.8) is 0 Å². The van der Waals surface area contributed by atoms with E-state index in [1.54, 1.807) is 0 Å². The third-order valence-corrected chi connectivity index (χ3v) is 11.8. The molecule has 37 heavy (non-hydrogen) atoms. The molecule has 2 saturated carbocycles. The third kappa shape index (κ3) is 5.18. The van der Waals surface area contributed by atoms with E-state index in [1.807, 2.05) is 27.7 Å². The summed E-state index contributed by atoms with van der Waals surface area (Å²) in [4.78, 5) is 11.9. The van der Waals surface area contributed by atoms with Crippen molar-refractivity contribution in [1.29, 1.82) is 0 Å². The number of aliphatic hydroxyl groups is 2. The smallest absolute Gasteiger partial charge is 0.303 e. The summed E-state index contributed by atoms with van der Waals surface area (Å²) in [5, 5.41) is 22.9. The van der Waals surface area contributed by atoms with Crippen LogP contribution in [0.5, 0.6) is 0 Å². The first-order valence-corrected chi connectivity index (χ1v) is 14.9. The SMILES string of the molecule is CC(=O)O[C@H]1CC[C@]2(C)[C@H](CC[C@@](C)(O)[C@H]2CC[C@@H]2C(C)=CC[C@H]3[C@H](CC[C@]3(C)O)C2(C)C)OC1(C)C. The minimum absolute atomic E-state index is 0.0291. The lowest BCUT2D eigenvalue weighted by molar-refractivity contribution is -0.211. The van der Waals surface area contributed by atoms with Crippen molar-refractivity contribution in [2.75, 3.05) is 0 Å². The van der Waals surface area contributed by atoms with Gasteiger partial charge in [0.1, 0.15) is 6.10 Å². The Morgan fingerprint density at radius 1 is 0.946 bits per heavy atom. The molecule has 0 amide bonds. The first-order chi connectivity index (χ1) is 16.9. The molecule has 0 bridgehead atoms. The lowest BCUT2D eigenvalue weighted by Gasteiger charge is -2.54. The number of rotatable bonds is 4. The van der Waals surface area contributed by atoms with E-state index in [0.29, 0.717) is 17.8 Å². The van der Waals surface area contributed by atoms with Gasteiger partial charge in [-0.25, -0.2) is 0 Å². The maximum Gasteiger partial charge on any atom is 0.303 e. The van der Waals surface area contributed by atoms with Gasteiger partial charge in [-0.1, -0.05) is 32.4 Å². The number of ether oxygens (including phenoxy) is 2. The summed E-state index contributed by atoms with van der Waals surface area (Å²) in [5.41, 5.74) is -0.554. The van der Waals surface area contributed by atoms with Gasteiger partial charge in [-0.05, 0) is 127 Å². The molecule has 1 saturated heterocycles. The Morgan fingerprint density at radius 2 is 1.59 bits per heavy atom. The first kappa shape index (κ1) is 29.1. The lowest BCUT2D eigenvalue weighted by Crippen LogP contribution is -2.56. The molecule has 3 aliphatic carbocycles. The van der Waals surface area contributed by atoms with Crippen LogP contribution in [0.15, 0.2) is 11.6 Å². The van der Waals surface area contributed by atoms with Crippen LogP contribution >= 0.6 is 0 Å². The predicted octanol–water partition coefficient (Wildman–Crippen LogP) is 6.59. The normalized spacial score (nSPS) is 47.2. The van der Waals surface area contributed by atoms with Crippen molar-refractivity contribution >= 4 is 5.97 Å². The van der Waals surface area contributed by atoms with Crippen LogP contribution in [-0.2, 0) is 14.3 Å². The van der Waals surface area contributed by atoms with Gasteiger partial charge in [0, 0.05) is 6.92 Å². The van der Waals surface area contributed by atoms with E-state index in [1.165, 1.54) is 12.5 Å². The van der Waals surface area contributed by atoms with Gasteiger partial charge in [0.05, 0.1) is 22.9 Å². The van der Waals surface area contributed by atoms with Crippen molar-refractivity contribution in [3.05, 3.63) is 11.6 Å². The number of allylic oxidation sites excluding steroid dienone is 2. The van der Waals surface area contributed by atoms with Gasteiger partial charge < -0.3 is 19.7 Å². The quantitative estimate of drug-likeness (QED) is 0.324. The summed E-state index contributed by atoms with van der Waals surface area (Å²) in [7, 11) is 0. The van der Waals surface area contributed by atoms with Crippen LogP contribution in [0.3, 0.4) is 0 Å². The second-order valence-electron chi connectivity index (χ2n) is 15.0. The van der Waals surface area contributed by atoms with Crippen molar-refractivity contribution in [1.82, 2.24) is 0 Å². The molecular weight excluding hydrogens is 464 g/mol. The van der Waals surface area contributed by atoms with E-state index in [-0.39, 0.29) is 34.9 Å². The minimum Gasteiger partial charge on any atom is -0.460 e. The average Bonchev–Trinajstić information content (AvgIpc) is 2.97. The first-order valence-electron chi connectivity index (χ1n) is 14.9. The summed E-state index contributed by atoms with van der Waals surface area (Å²) in [5.74, 6) is 1.08. The van der Waals surface area contributed by atoms with E-state index in [0.717, 1.165) is 57.8 Å². The highest BCUT2D eigenvalue weighted by Gasteiger charge is 2.58. The number of hydrogen-bond acceptors (Lipinski definition) is 5. The molecular formula is C32H54O5. The van der Waals surface area contributed by atoms with E-state index in [9.17, 15) is 15.0 Å². The fraction of sp³-hybridized carbons (Fsp3) is 0.906. The van der Waals surface area contributed by atoms with Crippen LogP contribution < -0.4 is 0 Å². The number of esters is 1. The zero-order valence-electron chi connectivity index (χ0n) is 25.0. The molecule has 4 rings (SSSR count). The van der Waals surface area contributed by atoms with Gasteiger partial charge in [-0.2, -0.15) is 0 Å². The minimum atomic E-state index is -0.758. The Kier molecular flexibility index (Phi) is 7.57. The summed E-state index contributed by atoms with van der Waals surface area (Å²) in [6.07, 6.45) is 10.2. The standard InChI is InChI=1S/C32H54O5/c1-20-10-11-24-23(14-18-31(24,8)34)28(3,4)22(20)12-13-25-30(7)17-15-26(36-21(2)33)29(5,6)37-27(30)16-19-32(25,9)35/h10,22-27,34-35H,11-19H2,1-9H3/t22-,23+,24+,25+,26+,27+,30+,31+,32-/m1/s1. The van der Waals surface area contributed by atoms with Crippen LogP contribution in [0.25, 0.3) is 0 Å². The molecule has 3 fully saturated rings. The van der Waals surface area contributed by atoms with E-state index < -0.39 is 16.8 Å². The fourth-order valence-corrected chi connectivity index (χ4v) is 9.47. The van der Waals surface area contributed by atoms with Crippen LogP contribution in [0, 0.1) is 34.5 Å². The Morgan fingerprint density at radius 3 is 2.24 bits per heavy atom. The van der Waals surface area contributed by atoms with Gasteiger partial charge >= 0.3 is 5.97 Å². The molecule has 1 aliphatic heterocycles. The van der Waals surface area contributed by atoms with Gasteiger partial charge in [-0.15, -0.1) is 0 Å². The maximum absolute atomic E-state index is 11.9. The Balaban J connectivity index is 1.59. The molecule has 5 nitrogen and oxygen atoms in total. The maximum atomic E-state index is 11.9. The molecule has 0 aromatic carbocycles. The van der Waals surface area contributed by atoms with E-state index >= 15 is 0 Å². The molecule has 4 aliphatic rings. The Bertz CT molecular complexity index is 899. The number of hydrogen-bond donors (Lipinski definition) is 2. The van der Waals surface area contributed by atoms with Crippen molar-refractivity contribution < 1.29 is 24.5 Å². The third-order valence-electron chi connectivity index (χ3n) is 11.8. The van der Waals surface area contributed by atoms with Gasteiger partial charge in [0.2, 0.25) is 0 Å². The summed E-state index contributed by atoms with van der Waals surface area (Å²) < 4.78 is 12.5. The Hall–Kier alpha value is -0.910. The molecule has 0 radical (unpaired) electrons. The summed E-state index contributed by atoms with van der Waals surface area (Å²) in [6.45, 7) is 19.1. The van der Waals surface area contributed by atoms with E-state index in [4.69, 9.17) is 9.47 Å². The summed E-state index contributed by atoms with van der Waals surface area (Å²) >= 11 is 0. The zero-order chi connectivity index (χ0) is 27.6. The van der Waals surface area contributed by atoms with Crippen LogP contribution in [0.1, 0.15) is 120 Å². The number of fused-ring (bicyclic) bond motifs is 2. The second kappa shape index (κ2) is 9.63. The molecule has 9 atom stereocenters.